The monoisotopic (exact) mass is 240 g/mol. The Morgan fingerprint density at radius 1 is 1.18 bits per heavy atom. The molecule has 0 aromatic carbocycles. The lowest BCUT2D eigenvalue weighted by atomic mass is 9.76. The van der Waals surface area contributed by atoms with Crippen LogP contribution in [0.15, 0.2) is 0 Å². The molecule has 1 saturated carbocycles. The zero-order valence-corrected chi connectivity index (χ0v) is 12.3. The summed E-state index contributed by atoms with van der Waals surface area (Å²) in [7, 11) is 4.41. The Morgan fingerprint density at radius 2 is 1.94 bits per heavy atom. The molecule has 1 fully saturated rings. The van der Waals surface area contributed by atoms with Gasteiger partial charge in [-0.05, 0) is 58.2 Å². The van der Waals surface area contributed by atoms with Gasteiger partial charge in [-0.2, -0.15) is 0 Å². The van der Waals surface area contributed by atoms with Crippen molar-refractivity contribution in [2.75, 3.05) is 27.2 Å². The van der Waals surface area contributed by atoms with Crippen LogP contribution in [0.25, 0.3) is 0 Å². The summed E-state index contributed by atoms with van der Waals surface area (Å²) >= 11 is 0. The van der Waals surface area contributed by atoms with Crippen molar-refractivity contribution in [2.45, 2.75) is 58.4 Å². The van der Waals surface area contributed by atoms with Crippen LogP contribution >= 0.6 is 0 Å². The van der Waals surface area contributed by atoms with Gasteiger partial charge in [0.1, 0.15) is 0 Å². The van der Waals surface area contributed by atoms with E-state index in [0.29, 0.717) is 0 Å². The molecule has 0 heterocycles. The fraction of sp³-hybridized carbons (Fsp3) is 1.00. The van der Waals surface area contributed by atoms with Crippen LogP contribution in [0.3, 0.4) is 0 Å². The molecule has 1 N–H and O–H groups in total. The summed E-state index contributed by atoms with van der Waals surface area (Å²) < 4.78 is 0. The second-order valence-corrected chi connectivity index (χ2v) is 5.89. The molecule has 0 aromatic rings. The first-order chi connectivity index (χ1) is 8.21. The normalized spacial score (nSPS) is 29.8. The first kappa shape index (κ1) is 15.0. The van der Waals surface area contributed by atoms with E-state index in [-0.39, 0.29) is 0 Å². The summed E-state index contributed by atoms with van der Waals surface area (Å²) in [6.07, 6.45) is 8.31. The summed E-state index contributed by atoms with van der Waals surface area (Å²) in [5.41, 5.74) is 0. The Balaban J connectivity index is 2.44. The van der Waals surface area contributed by atoms with Crippen LogP contribution in [0.1, 0.15) is 52.4 Å². The van der Waals surface area contributed by atoms with Gasteiger partial charge in [-0.1, -0.05) is 26.7 Å². The average Bonchev–Trinajstić information content (AvgIpc) is 2.30. The Bertz CT molecular complexity index is 191. The third-order valence-corrected chi connectivity index (χ3v) is 4.31. The van der Waals surface area contributed by atoms with E-state index in [9.17, 15) is 0 Å². The third kappa shape index (κ3) is 4.97. The molecular weight excluding hydrogens is 208 g/mol. The highest BCUT2D eigenvalue weighted by Crippen LogP contribution is 2.32. The van der Waals surface area contributed by atoms with E-state index < -0.39 is 0 Å². The SMILES string of the molecule is CCCC1CCC(NC)C(CN(C)CCC)C1. The van der Waals surface area contributed by atoms with Crippen LogP contribution in [-0.2, 0) is 0 Å². The van der Waals surface area contributed by atoms with E-state index in [1.165, 1.54) is 51.6 Å². The van der Waals surface area contributed by atoms with E-state index in [1.807, 2.05) is 0 Å². The van der Waals surface area contributed by atoms with E-state index in [2.05, 4.69) is 38.2 Å². The van der Waals surface area contributed by atoms with E-state index in [4.69, 9.17) is 0 Å². The minimum atomic E-state index is 0.752. The first-order valence-electron chi connectivity index (χ1n) is 7.57. The molecule has 2 heteroatoms. The summed E-state index contributed by atoms with van der Waals surface area (Å²) in [5, 5.41) is 3.54. The molecule has 2 nitrogen and oxygen atoms in total. The number of rotatable bonds is 7. The standard InChI is InChI=1S/C15H32N2/c1-5-7-13-8-9-15(16-3)14(11-13)12-17(4)10-6-2/h13-16H,5-12H2,1-4H3. The molecule has 0 amide bonds. The molecule has 3 atom stereocenters. The molecule has 0 saturated heterocycles. The molecule has 0 spiro atoms. The number of hydrogen-bond donors (Lipinski definition) is 1. The fourth-order valence-electron chi connectivity index (χ4n) is 3.49. The molecular formula is C15H32N2. The lowest BCUT2D eigenvalue weighted by molar-refractivity contribution is 0.154. The van der Waals surface area contributed by atoms with Crippen LogP contribution in [0.4, 0.5) is 0 Å². The zero-order valence-electron chi connectivity index (χ0n) is 12.3. The third-order valence-electron chi connectivity index (χ3n) is 4.31. The maximum Gasteiger partial charge on any atom is 0.0105 e. The highest BCUT2D eigenvalue weighted by molar-refractivity contribution is 4.85. The second kappa shape index (κ2) is 8.10. The highest BCUT2D eigenvalue weighted by atomic mass is 15.1. The number of nitrogens with one attached hydrogen (secondary N) is 1. The van der Waals surface area contributed by atoms with Gasteiger partial charge >= 0.3 is 0 Å². The van der Waals surface area contributed by atoms with Crippen molar-refractivity contribution >= 4 is 0 Å². The Kier molecular flexibility index (Phi) is 7.14. The van der Waals surface area contributed by atoms with Crippen molar-refractivity contribution in [2.24, 2.45) is 11.8 Å². The Hall–Kier alpha value is -0.0800. The van der Waals surface area contributed by atoms with Crippen molar-refractivity contribution in [3.8, 4) is 0 Å². The van der Waals surface area contributed by atoms with E-state index in [0.717, 1.165) is 17.9 Å². The molecule has 1 aliphatic rings. The lowest BCUT2D eigenvalue weighted by Gasteiger charge is -2.38. The smallest absolute Gasteiger partial charge is 0.0105 e. The summed E-state index contributed by atoms with van der Waals surface area (Å²) in [4.78, 5) is 2.52. The molecule has 17 heavy (non-hydrogen) atoms. The van der Waals surface area contributed by atoms with Gasteiger partial charge < -0.3 is 10.2 Å². The van der Waals surface area contributed by atoms with Gasteiger partial charge in [0.15, 0.2) is 0 Å². The highest BCUT2D eigenvalue weighted by Gasteiger charge is 2.29. The molecule has 0 aliphatic heterocycles. The van der Waals surface area contributed by atoms with Crippen LogP contribution in [0.2, 0.25) is 0 Å². The van der Waals surface area contributed by atoms with Gasteiger partial charge in [-0.15, -0.1) is 0 Å². The summed E-state index contributed by atoms with van der Waals surface area (Å²) in [6.45, 7) is 7.11. The molecule has 0 aromatic heterocycles. The minimum absolute atomic E-state index is 0.752. The van der Waals surface area contributed by atoms with Gasteiger partial charge in [-0.3, -0.25) is 0 Å². The maximum atomic E-state index is 3.54. The minimum Gasteiger partial charge on any atom is -0.317 e. The van der Waals surface area contributed by atoms with Gasteiger partial charge in [0.25, 0.3) is 0 Å². The zero-order chi connectivity index (χ0) is 12.7. The van der Waals surface area contributed by atoms with Gasteiger partial charge in [-0.25, -0.2) is 0 Å². The van der Waals surface area contributed by atoms with Crippen molar-refractivity contribution in [3.05, 3.63) is 0 Å². The van der Waals surface area contributed by atoms with Crippen molar-refractivity contribution < 1.29 is 0 Å². The Morgan fingerprint density at radius 3 is 2.53 bits per heavy atom. The topological polar surface area (TPSA) is 15.3 Å². The molecule has 1 aliphatic carbocycles. The number of nitrogens with zero attached hydrogens (tertiary/aromatic N) is 1. The molecule has 1 rings (SSSR count). The van der Waals surface area contributed by atoms with Crippen molar-refractivity contribution in [1.29, 1.82) is 0 Å². The summed E-state index contributed by atoms with van der Waals surface area (Å²) in [5.74, 6) is 1.85. The molecule has 0 bridgehead atoms. The van der Waals surface area contributed by atoms with Crippen LogP contribution in [0.5, 0.6) is 0 Å². The number of hydrogen-bond acceptors (Lipinski definition) is 2. The predicted octanol–water partition coefficient (Wildman–Crippen LogP) is 3.13. The van der Waals surface area contributed by atoms with Gasteiger partial charge in [0.2, 0.25) is 0 Å². The maximum absolute atomic E-state index is 3.54. The van der Waals surface area contributed by atoms with Gasteiger partial charge in [0, 0.05) is 12.6 Å². The van der Waals surface area contributed by atoms with Crippen molar-refractivity contribution in [1.82, 2.24) is 10.2 Å². The van der Waals surface area contributed by atoms with Gasteiger partial charge in [0.05, 0.1) is 0 Å². The van der Waals surface area contributed by atoms with Crippen LogP contribution < -0.4 is 5.32 Å². The fourth-order valence-corrected chi connectivity index (χ4v) is 3.49. The summed E-state index contributed by atoms with van der Waals surface area (Å²) in [6, 6.07) is 0.752. The molecule has 102 valence electrons. The van der Waals surface area contributed by atoms with Crippen molar-refractivity contribution in [3.63, 3.8) is 0 Å². The molecule has 0 radical (unpaired) electrons. The average molecular weight is 240 g/mol. The lowest BCUT2D eigenvalue weighted by Crippen LogP contribution is -2.44. The van der Waals surface area contributed by atoms with E-state index in [1.54, 1.807) is 0 Å². The Labute approximate surface area is 108 Å². The molecule has 3 unspecified atom stereocenters. The quantitative estimate of drug-likeness (QED) is 0.735. The first-order valence-corrected chi connectivity index (χ1v) is 7.57. The largest absolute Gasteiger partial charge is 0.317 e. The van der Waals surface area contributed by atoms with Crippen LogP contribution in [0, 0.1) is 11.8 Å². The van der Waals surface area contributed by atoms with E-state index >= 15 is 0 Å². The predicted molar refractivity (Wildman–Crippen MR) is 76.4 cm³/mol. The second-order valence-electron chi connectivity index (χ2n) is 5.89. The van der Waals surface area contributed by atoms with Crippen LogP contribution in [-0.4, -0.2) is 38.1 Å².